The Hall–Kier alpha value is -2.53. The van der Waals surface area contributed by atoms with Crippen LogP contribution in [0.2, 0.25) is 0 Å². The van der Waals surface area contributed by atoms with Crippen molar-refractivity contribution in [1.29, 1.82) is 0 Å². The van der Waals surface area contributed by atoms with E-state index in [9.17, 15) is 9.90 Å². The third-order valence-electron chi connectivity index (χ3n) is 2.69. The first-order chi connectivity index (χ1) is 9.69. The fourth-order valence-electron chi connectivity index (χ4n) is 1.75. The number of amides is 2. The van der Waals surface area contributed by atoms with Gasteiger partial charge >= 0.3 is 6.03 Å². The third kappa shape index (κ3) is 3.73. The molecule has 0 aromatic heterocycles. The summed E-state index contributed by atoms with van der Waals surface area (Å²) < 4.78 is 5.08. The first-order valence-electron chi connectivity index (χ1n) is 6.13. The Balaban J connectivity index is 2.02. The number of para-hydroxylation sites is 1. The molecule has 0 aliphatic rings. The molecule has 20 heavy (non-hydrogen) atoms. The first kappa shape index (κ1) is 13.9. The van der Waals surface area contributed by atoms with Crippen LogP contribution in [0, 0.1) is 0 Å². The largest absolute Gasteiger partial charge is 0.508 e. The average Bonchev–Trinajstić information content (AvgIpc) is 2.44. The number of methoxy groups -OCH3 is 1. The molecule has 2 aromatic rings. The number of urea groups is 1. The van der Waals surface area contributed by atoms with E-state index in [4.69, 9.17) is 4.74 Å². The number of hydrogen-bond acceptors (Lipinski definition) is 3. The number of benzene rings is 2. The highest BCUT2D eigenvalue weighted by Gasteiger charge is 2.06. The SMILES string of the molecule is COCc1ccccc1NC(=O)Nc1ccc(O)cc1. The number of phenolic OH excluding ortho intramolecular Hbond substituents is 1. The lowest BCUT2D eigenvalue weighted by molar-refractivity contribution is 0.185. The molecule has 0 fully saturated rings. The van der Waals surface area contributed by atoms with Gasteiger partial charge in [-0.1, -0.05) is 18.2 Å². The molecule has 0 bridgehead atoms. The predicted molar refractivity (Wildman–Crippen MR) is 77.9 cm³/mol. The van der Waals surface area contributed by atoms with Crippen LogP contribution in [0.4, 0.5) is 16.2 Å². The van der Waals surface area contributed by atoms with Crippen LogP contribution in [0.25, 0.3) is 0 Å². The Bertz CT molecular complexity index is 582. The Kier molecular flexibility index (Phi) is 4.57. The summed E-state index contributed by atoms with van der Waals surface area (Å²) in [5, 5.41) is 14.6. The van der Waals surface area contributed by atoms with E-state index in [1.54, 1.807) is 19.2 Å². The molecule has 2 aromatic carbocycles. The van der Waals surface area contributed by atoms with Gasteiger partial charge in [-0.25, -0.2) is 4.79 Å². The molecule has 5 heteroatoms. The highest BCUT2D eigenvalue weighted by Crippen LogP contribution is 2.17. The summed E-state index contributed by atoms with van der Waals surface area (Å²) >= 11 is 0. The van der Waals surface area contributed by atoms with Crippen molar-refractivity contribution < 1.29 is 14.6 Å². The maximum Gasteiger partial charge on any atom is 0.323 e. The van der Waals surface area contributed by atoms with Gasteiger partial charge in [0.25, 0.3) is 0 Å². The second-order valence-corrected chi connectivity index (χ2v) is 4.22. The summed E-state index contributed by atoms with van der Waals surface area (Å²) in [6.45, 7) is 0.426. The van der Waals surface area contributed by atoms with Crippen LogP contribution < -0.4 is 10.6 Å². The number of rotatable bonds is 4. The second kappa shape index (κ2) is 6.58. The fourth-order valence-corrected chi connectivity index (χ4v) is 1.75. The minimum absolute atomic E-state index is 0.154. The van der Waals surface area contributed by atoms with Gasteiger partial charge in [0.15, 0.2) is 0 Å². The van der Waals surface area contributed by atoms with Crippen molar-refractivity contribution in [3.8, 4) is 5.75 Å². The minimum Gasteiger partial charge on any atom is -0.508 e. The van der Waals surface area contributed by atoms with Crippen LogP contribution >= 0.6 is 0 Å². The quantitative estimate of drug-likeness (QED) is 0.749. The Morgan fingerprint density at radius 3 is 2.50 bits per heavy atom. The number of hydrogen-bond donors (Lipinski definition) is 3. The average molecular weight is 272 g/mol. The molecule has 0 atom stereocenters. The van der Waals surface area contributed by atoms with Crippen LogP contribution in [0.1, 0.15) is 5.56 Å². The number of phenols is 1. The molecule has 0 heterocycles. The smallest absolute Gasteiger partial charge is 0.323 e. The van der Waals surface area contributed by atoms with Gasteiger partial charge in [0.1, 0.15) is 5.75 Å². The van der Waals surface area contributed by atoms with E-state index in [1.807, 2.05) is 24.3 Å². The highest BCUT2D eigenvalue weighted by molar-refractivity contribution is 6.00. The van der Waals surface area contributed by atoms with Crippen LogP contribution in [0.15, 0.2) is 48.5 Å². The van der Waals surface area contributed by atoms with Gasteiger partial charge in [-0.2, -0.15) is 0 Å². The third-order valence-corrected chi connectivity index (χ3v) is 2.69. The summed E-state index contributed by atoms with van der Waals surface area (Å²) in [6, 6.07) is 13.3. The number of aromatic hydroxyl groups is 1. The number of anilines is 2. The lowest BCUT2D eigenvalue weighted by atomic mass is 10.2. The molecule has 104 valence electrons. The molecular formula is C15H16N2O3. The molecule has 3 N–H and O–H groups in total. The van der Waals surface area contributed by atoms with Crippen LogP contribution in [-0.2, 0) is 11.3 Å². The normalized spacial score (nSPS) is 10.1. The van der Waals surface area contributed by atoms with Gasteiger partial charge in [-0.05, 0) is 30.3 Å². The van der Waals surface area contributed by atoms with Gasteiger partial charge in [0, 0.05) is 24.0 Å². The number of carbonyl (C=O) groups is 1. The maximum absolute atomic E-state index is 11.9. The zero-order valence-electron chi connectivity index (χ0n) is 11.1. The van der Waals surface area contributed by atoms with Crippen molar-refractivity contribution in [2.24, 2.45) is 0 Å². The van der Waals surface area contributed by atoms with E-state index in [0.717, 1.165) is 5.56 Å². The van der Waals surface area contributed by atoms with Gasteiger partial charge in [-0.15, -0.1) is 0 Å². The van der Waals surface area contributed by atoms with Crippen molar-refractivity contribution in [3.63, 3.8) is 0 Å². The van der Waals surface area contributed by atoms with Crippen molar-refractivity contribution in [2.75, 3.05) is 17.7 Å². The Morgan fingerprint density at radius 2 is 1.80 bits per heavy atom. The molecule has 0 unspecified atom stereocenters. The Morgan fingerprint density at radius 1 is 1.10 bits per heavy atom. The first-order valence-corrected chi connectivity index (χ1v) is 6.13. The summed E-state index contributed by atoms with van der Waals surface area (Å²) in [7, 11) is 1.60. The molecule has 0 spiro atoms. The van der Waals surface area contributed by atoms with Crippen molar-refractivity contribution in [2.45, 2.75) is 6.61 Å². The van der Waals surface area contributed by atoms with E-state index in [1.165, 1.54) is 12.1 Å². The van der Waals surface area contributed by atoms with Crippen molar-refractivity contribution >= 4 is 17.4 Å². The van der Waals surface area contributed by atoms with Crippen molar-refractivity contribution in [3.05, 3.63) is 54.1 Å². The lowest BCUT2D eigenvalue weighted by Gasteiger charge is -2.11. The Labute approximate surface area is 117 Å². The monoisotopic (exact) mass is 272 g/mol. The second-order valence-electron chi connectivity index (χ2n) is 4.22. The zero-order valence-corrected chi connectivity index (χ0v) is 11.1. The zero-order chi connectivity index (χ0) is 14.4. The van der Waals surface area contributed by atoms with Crippen LogP contribution in [0.3, 0.4) is 0 Å². The van der Waals surface area contributed by atoms with E-state index < -0.39 is 0 Å². The summed E-state index contributed by atoms with van der Waals surface area (Å²) in [6.07, 6.45) is 0. The standard InChI is InChI=1S/C15H16N2O3/c1-20-10-11-4-2-3-5-14(11)17-15(19)16-12-6-8-13(18)9-7-12/h2-9,18H,10H2,1H3,(H2,16,17,19). The van der Waals surface area contributed by atoms with Gasteiger partial charge in [-0.3, -0.25) is 0 Å². The van der Waals surface area contributed by atoms with Gasteiger partial charge in [0.05, 0.1) is 6.61 Å². The number of nitrogens with one attached hydrogen (secondary N) is 2. The summed E-state index contributed by atoms with van der Waals surface area (Å²) in [5.74, 6) is 0.154. The summed E-state index contributed by atoms with van der Waals surface area (Å²) in [4.78, 5) is 11.9. The maximum atomic E-state index is 11.9. The van der Waals surface area contributed by atoms with E-state index in [0.29, 0.717) is 18.0 Å². The summed E-state index contributed by atoms with van der Waals surface area (Å²) in [5.41, 5.74) is 2.20. The molecule has 5 nitrogen and oxygen atoms in total. The van der Waals surface area contributed by atoms with Gasteiger partial charge in [0.2, 0.25) is 0 Å². The molecule has 2 amide bonds. The molecular weight excluding hydrogens is 256 g/mol. The lowest BCUT2D eigenvalue weighted by Crippen LogP contribution is -2.20. The molecule has 0 aliphatic carbocycles. The number of carbonyl (C=O) groups excluding carboxylic acids is 1. The predicted octanol–water partition coefficient (Wildman–Crippen LogP) is 3.18. The molecule has 2 rings (SSSR count). The number of ether oxygens (including phenoxy) is 1. The molecule has 0 saturated heterocycles. The van der Waals surface area contributed by atoms with Crippen molar-refractivity contribution in [1.82, 2.24) is 0 Å². The van der Waals surface area contributed by atoms with E-state index in [2.05, 4.69) is 10.6 Å². The highest BCUT2D eigenvalue weighted by atomic mass is 16.5. The minimum atomic E-state index is -0.348. The van der Waals surface area contributed by atoms with Crippen LogP contribution in [0.5, 0.6) is 5.75 Å². The van der Waals surface area contributed by atoms with E-state index in [-0.39, 0.29) is 11.8 Å². The van der Waals surface area contributed by atoms with Gasteiger partial charge < -0.3 is 20.5 Å². The topological polar surface area (TPSA) is 70.6 Å². The molecule has 0 aliphatic heterocycles. The fraction of sp³-hybridized carbons (Fsp3) is 0.133. The molecule has 0 saturated carbocycles. The van der Waals surface area contributed by atoms with Crippen LogP contribution in [-0.4, -0.2) is 18.2 Å². The van der Waals surface area contributed by atoms with E-state index >= 15 is 0 Å². The molecule has 0 radical (unpaired) electrons.